The molecule has 0 heterocycles. The molecule has 0 atom stereocenters. The number of halogens is 1. The van der Waals surface area contributed by atoms with Crippen molar-refractivity contribution in [3.8, 4) is 5.75 Å². The molecule has 4 nitrogen and oxygen atoms in total. The highest BCUT2D eigenvalue weighted by molar-refractivity contribution is 14.0. The van der Waals surface area contributed by atoms with Crippen molar-refractivity contribution in [1.29, 1.82) is 0 Å². The molecule has 0 bridgehead atoms. The number of fused-ring (bicyclic) bond motifs is 1. The van der Waals surface area contributed by atoms with Crippen molar-refractivity contribution < 1.29 is 5.11 Å². The van der Waals surface area contributed by atoms with E-state index in [0.717, 1.165) is 30.9 Å². The second kappa shape index (κ2) is 9.22. The van der Waals surface area contributed by atoms with E-state index in [1.54, 1.807) is 0 Å². The zero-order valence-electron chi connectivity index (χ0n) is 13.8. The molecule has 1 aliphatic carbocycles. The highest BCUT2D eigenvalue weighted by Crippen LogP contribution is 2.30. The number of benzene rings is 1. The van der Waals surface area contributed by atoms with Gasteiger partial charge in [0.05, 0.1) is 6.54 Å². The maximum absolute atomic E-state index is 10.2. The molecule has 0 saturated heterocycles. The quantitative estimate of drug-likeness (QED) is 0.400. The van der Waals surface area contributed by atoms with E-state index in [4.69, 9.17) is 0 Å². The third-order valence-electron chi connectivity index (χ3n) is 3.79. The van der Waals surface area contributed by atoms with Crippen molar-refractivity contribution in [2.24, 2.45) is 4.99 Å². The molecular formula is C17H28IN3O. The number of aliphatic imine (C=N–C) groups is 1. The first-order chi connectivity index (χ1) is 10.1. The summed E-state index contributed by atoms with van der Waals surface area (Å²) in [7, 11) is 0. The van der Waals surface area contributed by atoms with Crippen LogP contribution in [-0.4, -0.2) is 23.7 Å². The summed E-state index contributed by atoms with van der Waals surface area (Å²) in [6.07, 6.45) is 4.63. The predicted molar refractivity (Wildman–Crippen MR) is 103 cm³/mol. The number of nitrogens with one attached hydrogen (secondary N) is 2. The number of hydrogen-bond donors (Lipinski definition) is 3. The molecule has 124 valence electrons. The maximum atomic E-state index is 10.2. The van der Waals surface area contributed by atoms with Crippen LogP contribution in [0.4, 0.5) is 0 Å². The molecule has 0 radical (unpaired) electrons. The molecule has 0 saturated carbocycles. The number of rotatable bonds is 4. The second-order valence-electron chi connectivity index (χ2n) is 5.90. The van der Waals surface area contributed by atoms with Crippen LogP contribution in [-0.2, 0) is 19.4 Å². The standard InChI is InChI=1S/C17H27N3O.HI/c1-4-18-17(20-12(2)3)19-11-15-14-8-6-5-7-13(14)9-10-16(15)21;/h9-10,12,21H,4-8,11H2,1-3H3,(H2,18,19,20);1H. The number of phenols is 1. The minimum atomic E-state index is 0. The van der Waals surface area contributed by atoms with E-state index < -0.39 is 0 Å². The van der Waals surface area contributed by atoms with E-state index in [1.165, 1.54) is 24.0 Å². The van der Waals surface area contributed by atoms with Gasteiger partial charge in [-0.05, 0) is 63.6 Å². The summed E-state index contributed by atoms with van der Waals surface area (Å²) in [5.41, 5.74) is 3.68. The predicted octanol–water partition coefficient (Wildman–Crippen LogP) is 3.35. The molecule has 5 heteroatoms. The Bertz CT molecular complexity index is 515. The molecule has 0 fully saturated rings. The summed E-state index contributed by atoms with van der Waals surface area (Å²) in [6.45, 7) is 7.59. The maximum Gasteiger partial charge on any atom is 0.191 e. The summed E-state index contributed by atoms with van der Waals surface area (Å²) >= 11 is 0. The van der Waals surface area contributed by atoms with Gasteiger partial charge in [0.25, 0.3) is 0 Å². The van der Waals surface area contributed by atoms with Crippen LogP contribution >= 0.6 is 24.0 Å². The largest absolute Gasteiger partial charge is 0.508 e. The molecule has 22 heavy (non-hydrogen) atoms. The van der Waals surface area contributed by atoms with E-state index in [2.05, 4.69) is 42.5 Å². The Morgan fingerprint density at radius 2 is 2.00 bits per heavy atom. The van der Waals surface area contributed by atoms with Crippen molar-refractivity contribution in [3.05, 3.63) is 28.8 Å². The minimum absolute atomic E-state index is 0. The summed E-state index contributed by atoms with van der Waals surface area (Å²) in [5.74, 6) is 1.18. The van der Waals surface area contributed by atoms with Gasteiger partial charge >= 0.3 is 0 Å². The van der Waals surface area contributed by atoms with E-state index in [1.807, 2.05) is 6.07 Å². The number of hydrogen-bond acceptors (Lipinski definition) is 2. The summed E-state index contributed by atoms with van der Waals surface area (Å²) in [6, 6.07) is 4.22. The smallest absolute Gasteiger partial charge is 0.191 e. The highest BCUT2D eigenvalue weighted by atomic mass is 127. The van der Waals surface area contributed by atoms with E-state index >= 15 is 0 Å². The van der Waals surface area contributed by atoms with E-state index in [-0.39, 0.29) is 24.0 Å². The van der Waals surface area contributed by atoms with Crippen molar-refractivity contribution in [2.75, 3.05) is 6.54 Å². The number of guanidine groups is 1. The molecule has 0 unspecified atom stereocenters. The molecule has 0 aliphatic heterocycles. The Labute approximate surface area is 150 Å². The Kier molecular flexibility index (Phi) is 8.00. The van der Waals surface area contributed by atoms with E-state index in [9.17, 15) is 5.11 Å². The van der Waals surface area contributed by atoms with Gasteiger partial charge in [-0.15, -0.1) is 24.0 Å². The molecule has 0 amide bonds. The molecule has 0 spiro atoms. The van der Waals surface area contributed by atoms with Gasteiger partial charge in [0.2, 0.25) is 0 Å². The van der Waals surface area contributed by atoms with Crippen LogP contribution < -0.4 is 10.6 Å². The first-order valence-electron chi connectivity index (χ1n) is 7.99. The van der Waals surface area contributed by atoms with Crippen LogP contribution in [0, 0.1) is 0 Å². The number of aryl methyl sites for hydroxylation is 1. The van der Waals surface area contributed by atoms with Gasteiger partial charge < -0.3 is 15.7 Å². The fraction of sp³-hybridized carbons (Fsp3) is 0.588. The molecule has 1 aromatic carbocycles. The first kappa shape index (κ1) is 19.1. The number of nitrogens with zero attached hydrogens (tertiary/aromatic N) is 1. The Morgan fingerprint density at radius 1 is 1.27 bits per heavy atom. The molecule has 0 aromatic heterocycles. The van der Waals surface area contributed by atoms with Crippen molar-refractivity contribution >= 4 is 29.9 Å². The average Bonchev–Trinajstić information content (AvgIpc) is 2.45. The second-order valence-corrected chi connectivity index (χ2v) is 5.90. The molecule has 1 aromatic rings. The molecule has 1 aliphatic rings. The van der Waals surface area contributed by atoms with Gasteiger partial charge in [-0.3, -0.25) is 0 Å². The lowest BCUT2D eigenvalue weighted by Gasteiger charge is -2.20. The monoisotopic (exact) mass is 417 g/mol. The Morgan fingerprint density at radius 3 is 2.68 bits per heavy atom. The van der Waals surface area contributed by atoms with Crippen molar-refractivity contribution in [3.63, 3.8) is 0 Å². The topological polar surface area (TPSA) is 56.7 Å². The lowest BCUT2D eigenvalue weighted by molar-refractivity contribution is 0.465. The summed E-state index contributed by atoms with van der Waals surface area (Å²) in [5, 5.41) is 16.7. The summed E-state index contributed by atoms with van der Waals surface area (Å²) in [4.78, 5) is 4.63. The van der Waals surface area contributed by atoms with Crippen LogP contribution in [0.1, 0.15) is 50.3 Å². The molecule has 3 N–H and O–H groups in total. The fourth-order valence-corrected chi connectivity index (χ4v) is 2.82. The molecule has 2 rings (SSSR count). The van der Waals surface area contributed by atoms with Crippen LogP contribution in [0.15, 0.2) is 17.1 Å². The van der Waals surface area contributed by atoms with Gasteiger partial charge in [0.1, 0.15) is 5.75 Å². The van der Waals surface area contributed by atoms with Crippen molar-refractivity contribution in [2.45, 2.75) is 59.0 Å². The SMILES string of the molecule is CCNC(=NCc1c(O)ccc2c1CCCC2)NC(C)C.I. The van der Waals surface area contributed by atoms with Gasteiger partial charge in [-0.2, -0.15) is 0 Å². The summed E-state index contributed by atoms with van der Waals surface area (Å²) < 4.78 is 0. The zero-order chi connectivity index (χ0) is 15.2. The van der Waals surface area contributed by atoms with Crippen LogP contribution in [0.3, 0.4) is 0 Å². The van der Waals surface area contributed by atoms with Gasteiger partial charge in [0, 0.05) is 18.2 Å². The number of phenolic OH excluding ortho intramolecular Hbond substituents is 1. The van der Waals surface area contributed by atoms with Gasteiger partial charge in [0.15, 0.2) is 5.96 Å². The third-order valence-corrected chi connectivity index (χ3v) is 3.79. The Hall–Kier alpha value is -0.980. The van der Waals surface area contributed by atoms with E-state index in [0.29, 0.717) is 18.3 Å². The highest BCUT2D eigenvalue weighted by Gasteiger charge is 2.16. The normalized spacial score (nSPS) is 14.3. The lowest BCUT2D eigenvalue weighted by atomic mass is 9.88. The van der Waals surface area contributed by atoms with Crippen LogP contribution in [0.25, 0.3) is 0 Å². The Balaban J connectivity index is 0.00000242. The zero-order valence-corrected chi connectivity index (χ0v) is 16.1. The molecular weight excluding hydrogens is 389 g/mol. The van der Waals surface area contributed by atoms with Crippen LogP contribution in [0.5, 0.6) is 5.75 Å². The third kappa shape index (κ3) is 5.04. The average molecular weight is 417 g/mol. The van der Waals surface area contributed by atoms with Crippen molar-refractivity contribution in [1.82, 2.24) is 10.6 Å². The van der Waals surface area contributed by atoms with Crippen LogP contribution in [0.2, 0.25) is 0 Å². The van der Waals surface area contributed by atoms with Gasteiger partial charge in [-0.1, -0.05) is 6.07 Å². The fourth-order valence-electron chi connectivity index (χ4n) is 2.82. The van der Waals surface area contributed by atoms with Gasteiger partial charge in [-0.25, -0.2) is 4.99 Å². The first-order valence-corrected chi connectivity index (χ1v) is 7.99. The number of aromatic hydroxyl groups is 1. The lowest BCUT2D eigenvalue weighted by Crippen LogP contribution is -2.41. The minimum Gasteiger partial charge on any atom is -0.508 e.